The molecule has 1 atom stereocenters. The Kier molecular flexibility index (Phi) is 4.02. The van der Waals surface area contributed by atoms with Crippen LogP contribution in [0.15, 0.2) is 42.7 Å². The van der Waals surface area contributed by atoms with Crippen LogP contribution in [0.4, 0.5) is 4.39 Å². The first-order chi connectivity index (χ1) is 10.6. The number of amides is 1. The van der Waals surface area contributed by atoms with Gasteiger partial charge in [-0.05, 0) is 23.8 Å². The van der Waals surface area contributed by atoms with Gasteiger partial charge in [-0.25, -0.2) is 4.39 Å². The fraction of sp³-hybridized carbons (Fsp3) is 0.250. The highest BCUT2D eigenvalue weighted by molar-refractivity contribution is 5.94. The number of nitrogens with zero attached hydrogens (tertiary/aromatic N) is 2. The number of hydrogen-bond donors (Lipinski definition) is 1. The molecule has 1 aliphatic heterocycles. The van der Waals surface area contributed by atoms with Crippen LogP contribution in [0.2, 0.25) is 0 Å². The first kappa shape index (κ1) is 14.5. The van der Waals surface area contributed by atoms with E-state index in [9.17, 15) is 14.3 Å². The van der Waals surface area contributed by atoms with E-state index in [4.69, 9.17) is 4.74 Å². The number of rotatable bonds is 2. The van der Waals surface area contributed by atoms with E-state index < -0.39 is 5.82 Å². The third-order valence-electron chi connectivity index (χ3n) is 3.60. The number of carbonyl (C=O) groups is 1. The summed E-state index contributed by atoms with van der Waals surface area (Å²) in [5, 5.41) is 9.54. The Morgan fingerprint density at radius 1 is 1.41 bits per heavy atom. The maximum atomic E-state index is 13.7. The molecule has 2 aromatic rings. The molecule has 0 radical (unpaired) electrons. The summed E-state index contributed by atoms with van der Waals surface area (Å²) in [6, 6.07) is 8.09. The smallest absolute Gasteiger partial charge is 0.257 e. The third kappa shape index (κ3) is 2.92. The Hall–Kier alpha value is -2.47. The van der Waals surface area contributed by atoms with Gasteiger partial charge < -0.3 is 14.7 Å². The van der Waals surface area contributed by atoms with E-state index in [1.165, 1.54) is 12.3 Å². The molecule has 3 rings (SSSR count). The van der Waals surface area contributed by atoms with E-state index in [-0.39, 0.29) is 23.3 Å². The van der Waals surface area contributed by atoms with Crippen molar-refractivity contribution in [2.24, 2.45) is 0 Å². The lowest BCUT2D eigenvalue weighted by Crippen LogP contribution is -2.42. The molecule has 1 amide bonds. The Balaban J connectivity index is 1.78. The quantitative estimate of drug-likeness (QED) is 0.923. The second-order valence-electron chi connectivity index (χ2n) is 5.06. The Morgan fingerprint density at radius 3 is 3.05 bits per heavy atom. The summed E-state index contributed by atoms with van der Waals surface area (Å²) in [5.74, 6) is -0.869. The van der Waals surface area contributed by atoms with Crippen LogP contribution in [0.3, 0.4) is 0 Å². The second kappa shape index (κ2) is 6.11. The molecule has 2 heterocycles. The fourth-order valence-electron chi connectivity index (χ4n) is 2.48. The van der Waals surface area contributed by atoms with Gasteiger partial charge in [-0.2, -0.15) is 0 Å². The molecule has 0 bridgehead atoms. The summed E-state index contributed by atoms with van der Waals surface area (Å²) in [5.41, 5.74) is 0.791. The number of aromatic nitrogens is 1. The summed E-state index contributed by atoms with van der Waals surface area (Å²) in [6.07, 6.45) is 2.08. The molecule has 0 saturated carbocycles. The number of pyridine rings is 1. The van der Waals surface area contributed by atoms with Crippen molar-refractivity contribution in [3.8, 4) is 5.75 Å². The highest BCUT2D eigenvalue weighted by Gasteiger charge is 2.27. The van der Waals surface area contributed by atoms with Crippen LogP contribution in [0, 0.1) is 5.82 Å². The van der Waals surface area contributed by atoms with Crippen LogP contribution >= 0.6 is 0 Å². The zero-order valence-electron chi connectivity index (χ0n) is 11.8. The monoisotopic (exact) mass is 302 g/mol. The summed E-state index contributed by atoms with van der Waals surface area (Å²) in [6.45, 7) is 1.07. The summed E-state index contributed by atoms with van der Waals surface area (Å²) in [4.78, 5) is 17.6. The highest BCUT2D eigenvalue weighted by atomic mass is 19.1. The number of carbonyl (C=O) groups excluding carboxylic acids is 1. The molecule has 1 saturated heterocycles. The van der Waals surface area contributed by atoms with Crippen molar-refractivity contribution >= 4 is 5.91 Å². The van der Waals surface area contributed by atoms with E-state index >= 15 is 0 Å². The van der Waals surface area contributed by atoms with E-state index in [1.807, 2.05) is 6.07 Å². The normalized spacial score (nSPS) is 18.2. The van der Waals surface area contributed by atoms with Crippen molar-refractivity contribution in [3.63, 3.8) is 0 Å². The maximum absolute atomic E-state index is 13.7. The predicted octanol–water partition coefficient (Wildman–Crippen LogP) is 2.14. The van der Waals surface area contributed by atoms with Gasteiger partial charge in [0.1, 0.15) is 11.9 Å². The molecule has 6 heteroatoms. The molecule has 1 aliphatic rings. The Labute approximate surface area is 127 Å². The molecule has 1 N–H and O–H groups in total. The first-order valence-electron chi connectivity index (χ1n) is 6.94. The minimum absolute atomic E-state index is 0.00607. The van der Waals surface area contributed by atoms with Gasteiger partial charge in [0.2, 0.25) is 0 Å². The van der Waals surface area contributed by atoms with Crippen molar-refractivity contribution in [3.05, 3.63) is 59.7 Å². The van der Waals surface area contributed by atoms with Crippen molar-refractivity contribution in [1.82, 2.24) is 9.88 Å². The zero-order valence-corrected chi connectivity index (χ0v) is 11.8. The fourth-order valence-corrected chi connectivity index (χ4v) is 2.48. The van der Waals surface area contributed by atoms with Gasteiger partial charge in [-0.15, -0.1) is 0 Å². The van der Waals surface area contributed by atoms with Crippen LogP contribution in [-0.4, -0.2) is 40.6 Å². The van der Waals surface area contributed by atoms with Crippen LogP contribution in [0.5, 0.6) is 5.75 Å². The second-order valence-corrected chi connectivity index (χ2v) is 5.06. The number of phenols is 1. The molecule has 1 aromatic carbocycles. The average molecular weight is 302 g/mol. The van der Waals surface area contributed by atoms with Gasteiger partial charge >= 0.3 is 0 Å². The SMILES string of the molecule is O=C(c1ccncc1F)N1CCO[C@H](c2cccc(O)c2)C1. The van der Waals surface area contributed by atoms with Gasteiger partial charge in [0.05, 0.1) is 24.9 Å². The number of hydrogen-bond acceptors (Lipinski definition) is 4. The van der Waals surface area contributed by atoms with E-state index in [0.29, 0.717) is 19.7 Å². The van der Waals surface area contributed by atoms with Gasteiger partial charge in [0, 0.05) is 12.7 Å². The number of benzene rings is 1. The van der Waals surface area contributed by atoms with Gasteiger partial charge in [-0.1, -0.05) is 12.1 Å². The maximum Gasteiger partial charge on any atom is 0.257 e. The standard InChI is InChI=1S/C16H15FN2O3/c17-14-9-18-5-4-13(14)16(21)19-6-7-22-15(10-19)11-2-1-3-12(20)8-11/h1-5,8-9,15,20H,6-7,10H2/t15-/m0/s1. The van der Waals surface area contributed by atoms with Crippen molar-refractivity contribution in [1.29, 1.82) is 0 Å². The summed E-state index contributed by atoms with van der Waals surface area (Å²) >= 11 is 0. The highest BCUT2D eigenvalue weighted by Crippen LogP contribution is 2.25. The minimum Gasteiger partial charge on any atom is -0.508 e. The number of phenolic OH excluding ortho intramolecular Hbond substituents is 1. The van der Waals surface area contributed by atoms with E-state index in [1.54, 1.807) is 23.1 Å². The largest absolute Gasteiger partial charge is 0.508 e. The van der Waals surface area contributed by atoms with Crippen LogP contribution in [0.1, 0.15) is 22.0 Å². The molecule has 22 heavy (non-hydrogen) atoms. The molecule has 5 nitrogen and oxygen atoms in total. The molecule has 0 aliphatic carbocycles. The van der Waals surface area contributed by atoms with Crippen LogP contribution < -0.4 is 0 Å². The lowest BCUT2D eigenvalue weighted by molar-refractivity contribution is -0.0230. The van der Waals surface area contributed by atoms with E-state index in [0.717, 1.165) is 11.8 Å². The number of ether oxygens (including phenoxy) is 1. The average Bonchev–Trinajstić information content (AvgIpc) is 2.55. The van der Waals surface area contributed by atoms with E-state index in [2.05, 4.69) is 4.98 Å². The number of halogens is 1. The van der Waals surface area contributed by atoms with Crippen LogP contribution in [-0.2, 0) is 4.74 Å². The molecular formula is C16H15FN2O3. The summed E-state index contributed by atoms with van der Waals surface area (Å²) < 4.78 is 19.3. The Morgan fingerprint density at radius 2 is 2.27 bits per heavy atom. The number of aromatic hydroxyl groups is 1. The molecule has 1 aromatic heterocycles. The summed E-state index contributed by atoms with van der Waals surface area (Å²) in [7, 11) is 0. The molecule has 114 valence electrons. The molecule has 0 spiro atoms. The van der Waals surface area contributed by atoms with Gasteiger partial charge in [0.25, 0.3) is 5.91 Å². The zero-order chi connectivity index (χ0) is 15.5. The molecular weight excluding hydrogens is 287 g/mol. The van der Waals surface area contributed by atoms with Crippen molar-refractivity contribution in [2.45, 2.75) is 6.10 Å². The minimum atomic E-state index is -0.632. The molecule has 0 unspecified atom stereocenters. The molecule has 1 fully saturated rings. The topological polar surface area (TPSA) is 62.7 Å². The first-order valence-corrected chi connectivity index (χ1v) is 6.94. The predicted molar refractivity (Wildman–Crippen MR) is 76.9 cm³/mol. The van der Waals surface area contributed by atoms with Gasteiger partial charge in [0.15, 0.2) is 5.82 Å². The van der Waals surface area contributed by atoms with Gasteiger partial charge in [-0.3, -0.25) is 9.78 Å². The lowest BCUT2D eigenvalue weighted by atomic mass is 10.1. The van der Waals surface area contributed by atoms with Crippen molar-refractivity contribution in [2.75, 3.05) is 19.7 Å². The number of morpholine rings is 1. The van der Waals surface area contributed by atoms with Crippen molar-refractivity contribution < 1.29 is 19.0 Å². The lowest BCUT2D eigenvalue weighted by Gasteiger charge is -2.33. The third-order valence-corrected chi connectivity index (χ3v) is 3.60. The van der Waals surface area contributed by atoms with Crippen LogP contribution in [0.25, 0.3) is 0 Å². The Bertz CT molecular complexity index is 693.